The van der Waals surface area contributed by atoms with Crippen molar-refractivity contribution in [2.75, 3.05) is 5.01 Å². The standard InChI is InChI=1S/C26H21N3O6/c1-14-11-20(22(29(33)34)12-15(14)2)23-10-9-19(35-23)13-21-24(16-3-4-16)27-28(25(21)30)18-7-5-17(6-8-18)26(31)32/h5-13,16H,3-4H2,1-2H3,(H,31,32)/b21-13-. The average molecular weight is 471 g/mol. The van der Waals surface area contributed by atoms with Gasteiger partial charge in [0, 0.05) is 12.0 Å². The largest absolute Gasteiger partial charge is 0.478 e. The number of aromatic carboxylic acids is 1. The van der Waals surface area contributed by atoms with Gasteiger partial charge in [0.2, 0.25) is 0 Å². The van der Waals surface area contributed by atoms with E-state index in [-0.39, 0.29) is 23.1 Å². The number of carbonyl (C=O) groups excluding carboxylic acids is 1. The lowest BCUT2D eigenvalue weighted by Gasteiger charge is -2.11. The molecule has 0 spiro atoms. The summed E-state index contributed by atoms with van der Waals surface area (Å²) in [5.74, 6) is -0.506. The summed E-state index contributed by atoms with van der Waals surface area (Å²) in [4.78, 5) is 35.6. The van der Waals surface area contributed by atoms with E-state index < -0.39 is 10.9 Å². The molecule has 0 saturated heterocycles. The van der Waals surface area contributed by atoms with E-state index in [1.165, 1.54) is 23.2 Å². The van der Waals surface area contributed by atoms with Gasteiger partial charge in [-0.1, -0.05) is 0 Å². The SMILES string of the molecule is Cc1cc(-c2ccc(/C=C3\C(=O)N(c4ccc(C(=O)O)cc4)N=C3C3CC3)o2)c([N+](=O)[O-])cc1C. The first-order valence-electron chi connectivity index (χ1n) is 11.1. The number of anilines is 1. The molecule has 35 heavy (non-hydrogen) atoms. The van der Waals surface area contributed by atoms with Gasteiger partial charge in [0.25, 0.3) is 11.6 Å². The summed E-state index contributed by atoms with van der Waals surface area (Å²) in [5.41, 5.74) is 3.68. The van der Waals surface area contributed by atoms with Crippen LogP contribution >= 0.6 is 0 Å². The normalized spacial score (nSPS) is 16.6. The van der Waals surface area contributed by atoms with E-state index in [9.17, 15) is 19.7 Å². The number of nitrogens with zero attached hydrogens (tertiary/aromatic N) is 3. The molecule has 0 bridgehead atoms. The highest BCUT2D eigenvalue weighted by Gasteiger charge is 2.40. The van der Waals surface area contributed by atoms with E-state index in [1.54, 1.807) is 36.4 Å². The number of carboxylic acids is 1. The van der Waals surface area contributed by atoms with Crippen LogP contribution in [0, 0.1) is 29.9 Å². The van der Waals surface area contributed by atoms with E-state index in [0.29, 0.717) is 34.1 Å². The smallest absolute Gasteiger partial charge is 0.335 e. The third-order valence-electron chi connectivity index (χ3n) is 6.22. The van der Waals surface area contributed by atoms with Crippen LogP contribution in [0.3, 0.4) is 0 Å². The van der Waals surface area contributed by atoms with Crippen molar-refractivity contribution in [2.45, 2.75) is 26.7 Å². The predicted molar refractivity (Wildman–Crippen MR) is 129 cm³/mol. The van der Waals surface area contributed by atoms with Crippen LogP contribution in [0.1, 0.15) is 40.1 Å². The Bertz CT molecular complexity index is 1440. The number of amides is 1. The fourth-order valence-corrected chi connectivity index (χ4v) is 4.01. The summed E-state index contributed by atoms with van der Waals surface area (Å²) in [5, 5.41) is 26.5. The zero-order chi connectivity index (χ0) is 24.9. The van der Waals surface area contributed by atoms with Crippen LogP contribution in [0.15, 0.2) is 63.6 Å². The molecule has 1 fully saturated rings. The third-order valence-corrected chi connectivity index (χ3v) is 6.22. The van der Waals surface area contributed by atoms with Crippen molar-refractivity contribution in [1.29, 1.82) is 0 Å². The third kappa shape index (κ3) is 4.12. The Morgan fingerprint density at radius 2 is 1.83 bits per heavy atom. The number of hydrogen-bond donors (Lipinski definition) is 1. The molecular weight excluding hydrogens is 450 g/mol. The first kappa shape index (κ1) is 22.3. The number of nitro benzene ring substituents is 1. The minimum atomic E-state index is -1.05. The lowest BCUT2D eigenvalue weighted by Crippen LogP contribution is -2.21. The number of rotatable bonds is 6. The minimum Gasteiger partial charge on any atom is -0.478 e. The number of hydrogen-bond acceptors (Lipinski definition) is 6. The van der Waals surface area contributed by atoms with Crippen LogP contribution < -0.4 is 5.01 Å². The van der Waals surface area contributed by atoms with Gasteiger partial charge >= 0.3 is 5.97 Å². The van der Waals surface area contributed by atoms with Gasteiger partial charge in [-0.05, 0) is 86.4 Å². The van der Waals surface area contributed by atoms with Crippen LogP contribution in [-0.4, -0.2) is 27.6 Å². The molecule has 9 nitrogen and oxygen atoms in total. The summed E-state index contributed by atoms with van der Waals surface area (Å²) in [7, 11) is 0. The molecule has 176 valence electrons. The van der Waals surface area contributed by atoms with Gasteiger partial charge in [0.15, 0.2) is 0 Å². The van der Waals surface area contributed by atoms with Gasteiger partial charge < -0.3 is 9.52 Å². The number of aryl methyl sites for hydroxylation is 2. The van der Waals surface area contributed by atoms with Gasteiger partial charge in [0.1, 0.15) is 11.5 Å². The number of benzene rings is 2. The maximum Gasteiger partial charge on any atom is 0.335 e. The van der Waals surface area contributed by atoms with Gasteiger partial charge in [-0.2, -0.15) is 10.1 Å². The van der Waals surface area contributed by atoms with Crippen LogP contribution in [-0.2, 0) is 4.79 Å². The van der Waals surface area contributed by atoms with Gasteiger partial charge in [-0.15, -0.1) is 0 Å². The molecular formula is C26H21N3O6. The average Bonchev–Trinajstić information content (AvgIpc) is 3.48. The molecule has 1 aromatic heterocycles. The lowest BCUT2D eigenvalue weighted by molar-refractivity contribution is -0.384. The lowest BCUT2D eigenvalue weighted by atomic mass is 10.0. The Labute approximate surface area is 200 Å². The van der Waals surface area contributed by atoms with Crippen molar-refractivity contribution >= 4 is 35.0 Å². The first-order valence-corrected chi connectivity index (χ1v) is 11.1. The Morgan fingerprint density at radius 3 is 2.46 bits per heavy atom. The molecule has 1 aliphatic heterocycles. The fourth-order valence-electron chi connectivity index (χ4n) is 4.01. The number of furan rings is 1. The van der Waals surface area contributed by atoms with Crippen molar-refractivity contribution in [1.82, 2.24) is 0 Å². The van der Waals surface area contributed by atoms with Crippen molar-refractivity contribution < 1.29 is 24.0 Å². The topological polar surface area (TPSA) is 126 Å². The highest BCUT2D eigenvalue weighted by atomic mass is 16.6. The van der Waals surface area contributed by atoms with Crippen LogP contribution in [0.4, 0.5) is 11.4 Å². The molecule has 0 atom stereocenters. The molecule has 9 heteroatoms. The van der Waals surface area contributed by atoms with Crippen LogP contribution in [0.25, 0.3) is 17.4 Å². The molecule has 2 aliphatic rings. The van der Waals surface area contributed by atoms with E-state index in [4.69, 9.17) is 9.52 Å². The highest BCUT2D eigenvalue weighted by molar-refractivity contribution is 6.33. The molecule has 2 aromatic carbocycles. The van der Waals surface area contributed by atoms with Crippen molar-refractivity contribution in [3.63, 3.8) is 0 Å². The van der Waals surface area contributed by atoms with Gasteiger partial charge in [-0.3, -0.25) is 14.9 Å². The number of hydrazone groups is 1. The Morgan fingerprint density at radius 1 is 1.14 bits per heavy atom. The van der Waals surface area contributed by atoms with Crippen molar-refractivity contribution in [2.24, 2.45) is 11.0 Å². The zero-order valence-corrected chi connectivity index (χ0v) is 19.0. The second kappa shape index (κ2) is 8.35. The molecule has 2 heterocycles. The van der Waals surface area contributed by atoms with E-state index >= 15 is 0 Å². The Kier molecular flexibility index (Phi) is 5.32. The maximum atomic E-state index is 13.3. The Balaban J connectivity index is 1.49. The van der Waals surface area contributed by atoms with Crippen molar-refractivity contribution in [3.8, 4) is 11.3 Å². The second-order valence-electron chi connectivity index (χ2n) is 8.70. The molecule has 1 saturated carbocycles. The van der Waals surface area contributed by atoms with E-state index in [1.807, 2.05) is 13.8 Å². The minimum absolute atomic E-state index is 0.0465. The zero-order valence-electron chi connectivity index (χ0n) is 19.0. The predicted octanol–water partition coefficient (Wildman–Crippen LogP) is 5.37. The first-order chi connectivity index (χ1) is 16.7. The summed E-state index contributed by atoms with van der Waals surface area (Å²) < 4.78 is 5.93. The van der Waals surface area contributed by atoms with Gasteiger partial charge in [-0.25, -0.2) is 4.79 Å². The molecule has 5 rings (SSSR count). The number of carbonyl (C=O) groups is 2. The molecule has 0 unspecified atom stereocenters. The van der Waals surface area contributed by atoms with E-state index in [2.05, 4.69) is 5.10 Å². The summed E-state index contributed by atoms with van der Waals surface area (Å²) in [6.07, 6.45) is 3.46. The maximum absolute atomic E-state index is 13.3. The molecule has 1 aliphatic carbocycles. The highest BCUT2D eigenvalue weighted by Crippen LogP contribution is 2.39. The van der Waals surface area contributed by atoms with Crippen molar-refractivity contribution in [3.05, 3.63) is 86.7 Å². The summed E-state index contributed by atoms with van der Waals surface area (Å²) in [6.45, 7) is 3.69. The van der Waals surface area contributed by atoms with Crippen LogP contribution in [0.5, 0.6) is 0 Å². The monoisotopic (exact) mass is 471 g/mol. The Hall–Kier alpha value is -4.53. The second-order valence-corrected chi connectivity index (χ2v) is 8.70. The molecule has 0 radical (unpaired) electrons. The quantitative estimate of drug-likeness (QED) is 0.293. The number of carboxylic acid groups (broad SMARTS) is 1. The fraction of sp³-hybridized carbons (Fsp3) is 0.192. The molecule has 1 N–H and O–H groups in total. The summed E-state index contributed by atoms with van der Waals surface area (Å²) >= 11 is 0. The van der Waals surface area contributed by atoms with E-state index in [0.717, 1.165) is 24.0 Å². The molecule has 3 aromatic rings. The van der Waals surface area contributed by atoms with Crippen LogP contribution in [0.2, 0.25) is 0 Å². The molecule has 1 amide bonds. The number of nitro groups is 1. The van der Waals surface area contributed by atoms with Gasteiger partial charge in [0.05, 0.1) is 33.0 Å². The summed E-state index contributed by atoms with van der Waals surface area (Å²) in [6, 6.07) is 12.5.